The molecule has 0 unspecified atom stereocenters. The topological polar surface area (TPSA) is 87.8 Å². The van der Waals surface area contributed by atoms with Crippen LogP contribution in [0.4, 0.5) is 11.4 Å². The first-order chi connectivity index (χ1) is 13.0. The number of amidine groups is 1. The first kappa shape index (κ1) is 17.3. The maximum Gasteiger partial charge on any atom is 0.272 e. The van der Waals surface area contributed by atoms with Crippen molar-refractivity contribution in [2.24, 2.45) is 4.99 Å². The van der Waals surface area contributed by atoms with Crippen molar-refractivity contribution in [3.8, 4) is 0 Å². The lowest BCUT2D eigenvalue weighted by Gasteiger charge is -2.17. The molecule has 1 N–H and O–H groups in total. The highest BCUT2D eigenvalue weighted by Crippen LogP contribution is 2.35. The third-order valence-electron chi connectivity index (χ3n) is 4.46. The number of benzene rings is 2. The third kappa shape index (κ3) is 3.31. The summed E-state index contributed by atoms with van der Waals surface area (Å²) in [4.78, 5) is 29.5. The SMILES string of the molecule is Cc1cc(C(=O)Nc2ccc(C3=CSC4=NCCN34)cc2)ccc1[N+](=O)[O-]. The van der Waals surface area contributed by atoms with Crippen LogP contribution in [0.2, 0.25) is 0 Å². The van der Waals surface area contributed by atoms with Gasteiger partial charge in [-0.05, 0) is 36.8 Å². The Morgan fingerprint density at radius 1 is 1.26 bits per heavy atom. The Balaban J connectivity index is 1.47. The van der Waals surface area contributed by atoms with Crippen molar-refractivity contribution in [3.63, 3.8) is 0 Å². The highest BCUT2D eigenvalue weighted by atomic mass is 32.2. The van der Waals surface area contributed by atoms with E-state index < -0.39 is 4.92 Å². The second kappa shape index (κ2) is 6.88. The van der Waals surface area contributed by atoms with Crippen LogP contribution >= 0.6 is 11.8 Å². The van der Waals surface area contributed by atoms with E-state index >= 15 is 0 Å². The molecule has 136 valence electrons. The molecule has 0 aliphatic carbocycles. The number of carbonyl (C=O) groups excluding carboxylic acids is 1. The van der Waals surface area contributed by atoms with E-state index in [4.69, 9.17) is 0 Å². The van der Waals surface area contributed by atoms with Gasteiger partial charge in [0.15, 0.2) is 5.17 Å². The van der Waals surface area contributed by atoms with Gasteiger partial charge in [0.05, 0.1) is 17.2 Å². The number of aliphatic imine (C=N–C) groups is 1. The number of amides is 1. The minimum atomic E-state index is -0.456. The number of hydrogen-bond donors (Lipinski definition) is 1. The number of fused-ring (bicyclic) bond motifs is 1. The molecule has 0 saturated carbocycles. The zero-order valence-corrected chi connectivity index (χ0v) is 15.3. The summed E-state index contributed by atoms with van der Waals surface area (Å²) in [5.41, 5.74) is 3.70. The van der Waals surface area contributed by atoms with Gasteiger partial charge in [-0.2, -0.15) is 0 Å². The van der Waals surface area contributed by atoms with E-state index in [2.05, 4.69) is 20.6 Å². The number of nitro groups is 1. The number of carbonyl (C=O) groups is 1. The molecule has 0 radical (unpaired) electrons. The average molecular weight is 380 g/mol. The molecule has 0 bridgehead atoms. The van der Waals surface area contributed by atoms with Gasteiger partial charge in [0, 0.05) is 34.8 Å². The first-order valence-corrected chi connectivity index (χ1v) is 9.26. The predicted octanol–water partition coefficient (Wildman–Crippen LogP) is 3.87. The molecule has 0 aromatic heterocycles. The van der Waals surface area contributed by atoms with Gasteiger partial charge in [0.1, 0.15) is 0 Å². The Morgan fingerprint density at radius 2 is 2.04 bits per heavy atom. The zero-order chi connectivity index (χ0) is 19.0. The van der Waals surface area contributed by atoms with E-state index in [1.807, 2.05) is 24.3 Å². The average Bonchev–Trinajstić information content (AvgIpc) is 3.25. The highest BCUT2D eigenvalue weighted by Gasteiger charge is 2.26. The van der Waals surface area contributed by atoms with Gasteiger partial charge < -0.3 is 10.2 Å². The summed E-state index contributed by atoms with van der Waals surface area (Å²) in [5, 5.41) is 16.8. The fourth-order valence-electron chi connectivity index (χ4n) is 3.08. The van der Waals surface area contributed by atoms with Gasteiger partial charge in [0.2, 0.25) is 0 Å². The number of rotatable bonds is 4. The summed E-state index contributed by atoms with van der Waals surface area (Å²) < 4.78 is 0. The van der Waals surface area contributed by atoms with E-state index in [1.165, 1.54) is 18.2 Å². The van der Waals surface area contributed by atoms with E-state index in [1.54, 1.807) is 18.7 Å². The number of thioether (sulfide) groups is 1. The minimum Gasteiger partial charge on any atom is -0.322 e. The number of nitrogens with zero attached hydrogens (tertiary/aromatic N) is 3. The minimum absolute atomic E-state index is 0.00318. The zero-order valence-electron chi connectivity index (χ0n) is 14.5. The van der Waals surface area contributed by atoms with Crippen LogP contribution in [0.5, 0.6) is 0 Å². The molecule has 1 amide bonds. The van der Waals surface area contributed by atoms with Gasteiger partial charge >= 0.3 is 0 Å². The smallest absolute Gasteiger partial charge is 0.272 e. The monoisotopic (exact) mass is 380 g/mol. The maximum absolute atomic E-state index is 12.4. The molecule has 2 aromatic carbocycles. The van der Waals surface area contributed by atoms with Crippen molar-refractivity contribution < 1.29 is 9.72 Å². The predicted molar refractivity (Wildman–Crippen MR) is 107 cm³/mol. The molecule has 0 atom stereocenters. The van der Waals surface area contributed by atoms with Gasteiger partial charge in [0.25, 0.3) is 11.6 Å². The van der Waals surface area contributed by atoms with Crippen LogP contribution in [0.15, 0.2) is 52.9 Å². The molecule has 0 saturated heterocycles. The molecular formula is C19H16N4O3S. The van der Waals surface area contributed by atoms with E-state index in [9.17, 15) is 14.9 Å². The normalized spacial score (nSPS) is 15.2. The summed E-state index contributed by atoms with van der Waals surface area (Å²) in [6.45, 7) is 3.33. The summed E-state index contributed by atoms with van der Waals surface area (Å²) >= 11 is 1.63. The fraction of sp³-hybridized carbons (Fsp3) is 0.158. The van der Waals surface area contributed by atoms with Crippen molar-refractivity contribution in [3.05, 3.63) is 74.7 Å². The third-order valence-corrected chi connectivity index (χ3v) is 5.36. The largest absolute Gasteiger partial charge is 0.322 e. The highest BCUT2D eigenvalue weighted by molar-refractivity contribution is 8.16. The molecule has 2 aromatic rings. The lowest BCUT2D eigenvalue weighted by atomic mass is 10.1. The number of nitrogens with one attached hydrogen (secondary N) is 1. The van der Waals surface area contributed by atoms with Crippen molar-refractivity contribution >= 4 is 39.9 Å². The van der Waals surface area contributed by atoms with Crippen LogP contribution < -0.4 is 5.32 Å². The van der Waals surface area contributed by atoms with Crippen molar-refractivity contribution in [1.82, 2.24) is 4.90 Å². The molecule has 2 aliphatic rings. The van der Waals surface area contributed by atoms with Gasteiger partial charge in [-0.15, -0.1) is 0 Å². The number of nitro benzene ring substituents is 1. The van der Waals surface area contributed by atoms with Crippen LogP contribution in [0.3, 0.4) is 0 Å². The molecule has 7 nitrogen and oxygen atoms in total. The molecule has 4 rings (SSSR count). The van der Waals surface area contributed by atoms with Crippen LogP contribution in [0.1, 0.15) is 21.5 Å². The molecule has 0 fully saturated rings. The maximum atomic E-state index is 12.4. The quantitative estimate of drug-likeness (QED) is 0.642. The summed E-state index contributed by atoms with van der Waals surface area (Å²) in [5.74, 6) is -0.301. The molecule has 2 aliphatic heterocycles. The first-order valence-electron chi connectivity index (χ1n) is 8.38. The number of hydrogen-bond acceptors (Lipinski definition) is 6. The Morgan fingerprint density at radius 3 is 2.74 bits per heavy atom. The summed E-state index contributed by atoms with van der Waals surface area (Å²) in [6.07, 6.45) is 0. The van der Waals surface area contributed by atoms with E-state index in [0.29, 0.717) is 16.8 Å². The van der Waals surface area contributed by atoms with E-state index in [-0.39, 0.29) is 11.6 Å². The summed E-state index contributed by atoms with van der Waals surface area (Å²) in [6, 6.07) is 12.0. The van der Waals surface area contributed by atoms with Crippen molar-refractivity contribution in [1.29, 1.82) is 0 Å². The molecule has 8 heteroatoms. The molecule has 27 heavy (non-hydrogen) atoms. The lowest BCUT2D eigenvalue weighted by molar-refractivity contribution is -0.385. The number of anilines is 1. The van der Waals surface area contributed by atoms with Gasteiger partial charge in [-0.25, -0.2) is 0 Å². The fourth-order valence-corrected chi connectivity index (χ4v) is 4.04. The second-order valence-corrected chi connectivity index (χ2v) is 7.06. The Labute approximate surface area is 159 Å². The van der Waals surface area contributed by atoms with Crippen LogP contribution in [-0.4, -0.2) is 34.0 Å². The molecular weight excluding hydrogens is 364 g/mol. The van der Waals surface area contributed by atoms with Gasteiger partial charge in [-0.1, -0.05) is 23.9 Å². The van der Waals surface area contributed by atoms with E-state index in [0.717, 1.165) is 29.5 Å². The molecule has 0 spiro atoms. The second-order valence-electron chi connectivity index (χ2n) is 6.23. The van der Waals surface area contributed by atoms with Crippen molar-refractivity contribution in [2.45, 2.75) is 6.92 Å². The lowest BCUT2D eigenvalue weighted by Crippen LogP contribution is -2.19. The van der Waals surface area contributed by atoms with Crippen molar-refractivity contribution in [2.75, 3.05) is 18.4 Å². The summed E-state index contributed by atoms with van der Waals surface area (Å²) in [7, 11) is 0. The van der Waals surface area contributed by atoms with Crippen LogP contribution in [0.25, 0.3) is 5.70 Å². The standard InChI is InChI=1S/C19H16N4O3S/c1-12-10-14(4-7-16(12)23(25)26)18(24)21-15-5-2-13(3-6-15)17-11-27-19-20-8-9-22(17)19/h2-7,10-11H,8-9H2,1H3,(H,21,24). The Kier molecular flexibility index (Phi) is 4.41. The molecule has 2 heterocycles. The number of aryl methyl sites for hydroxylation is 1. The van der Waals surface area contributed by atoms with Crippen LogP contribution in [-0.2, 0) is 0 Å². The van der Waals surface area contributed by atoms with Crippen LogP contribution in [0, 0.1) is 17.0 Å². The van der Waals surface area contributed by atoms with Gasteiger partial charge in [-0.3, -0.25) is 19.9 Å². The Bertz CT molecular complexity index is 999. The Hall–Kier alpha value is -3.13.